The first kappa shape index (κ1) is 22.7. The second kappa shape index (κ2) is 10.9. The molecular formula is C26H29FN4O2. The van der Waals surface area contributed by atoms with Crippen LogP contribution < -0.4 is 10.6 Å². The smallest absolute Gasteiger partial charge is 0.271 e. The molecule has 0 aliphatic heterocycles. The van der Waals surface area contributed by atoms with Crippen LogP contribution in [0, 0.1) is 11.7 Å². The van der Waals surface area contributed by atoms with Gasteiger partial charge in [0.15, 0.2) is 0 Å². The molecule has 1 saturated carbocycles. The summed E-state index contributed by atoms with van der Waals surface area (Å²) in [6.07, 6.45) is 9.98. The Morgan fingerprint density at radius 1 is 0.970 bits per heavy atom. The zero-order chi connectivity index (χ0) is 23.0. The van der Waals surface area contributed by atoms with Crippen molar-refractivity contribution in [2.75, 3.05) is 5.32 Å². The van der Waals surface area contributed by atoms with Gasteiger partial charge in [-0.1, -0.05) is 43.5 Å². The normalized spacial score (nSPS) is 14.1. The van der Waals surface area contributed by atoms with Gasteiger partial charge in [-0.25, -0.2) is 9.37 Å². The van der Waals surface area contributed by atoms with Crippen LogP contribution in [0.2, 0.25) is 0 Å². The fraction of sp³-hybridized carbons (Fsp3) is 0.346. The molecule has 1 fully saturated rings. The summed E-state index contributed by atoms with van der Waals surface area (Å²) in [6, 6.07) is 13.7. The SMILES string of the molecule is O=C(CC1CCCCC1)Nc1ccc(Cn2cnc(C(=O)NCc3ccc(F)cc3)c2)cc1. The van der Waals surface area contributed by atoms with Crippen LogP contribution in [-0.2, 0) is 17.9 Å². The molecule has 6 nitrogen and oxygen atoms in total. The summed E-state index contributed by atoms with van der Waals surface area (Å²) in [7, 11) is 0. The van der Waals surface area contributed by atoms with Crippen LogP contribution in [0.15, 0.2) is 61.1 Å². The lowest BCUT2D eigenvalue weighted by Gasteiger charge is -2.20. The monoisotopic (exact) mass is 448 g/mol. The van der Waals surface area contributed by atoms with E-state index in [1.165, 1.54) is 31.4 Å². The highest BCUT2D eigenvalue weighted by atomic mass is 19.1. The minimum Gasteiger partial charge on any atom is -0.347 e. The number of carbonyl (C=O) groups excluding carboxylic acids is 2. The van der Waals surface area contributed by atoms with Crippen molar-refractivity contribution in [2.24, 2.45) is 5.92 Å². The molecule has 3 aromatic rings. The van der Waals surface area contributed by atoms with Gasteiger partial charge in [0.2, 0.25) is 5.91 Å². The molecule has 0 spiro atoms. The summed E-state index contributed by atoms with van der Waals surface area (Å²) in [5.74, 6) is 0.00896. The van der Waals surface area contributed by atoms with Crippen LogP contribution in [-0.4, -0.2) is 21.4 Å². The molecular weight excluding hydrogens is 419 g/mol. The van der Waals surface area contributed by atoms with Gasteiger partial charge in [-0.2, -0.15) is 0 Å². The third-order valence-corrected chi connectivity index (χ3v) is 6.03. The molecule has 0 radical (unpaired) electrons. The van der Waals surface area contributed by atoms with Gasteiger partial charge < -0.3 is 15.2 Å². The van der Waals surface area contributed by atoms with Gasteiger partial charge in [-0.05, 0) is 54.2 Å². The van der Waals surface area contributed by atoms with Gasteiger partial charge in [0, 0.05) is 31.4 Å². The van der Waals surface area contributed by atoms with E-state index in [9.17, 15) is 14.0 Å². The van der Waals surface area contributed by atoms with Crippen molar-refractivity contribution in [3.05, 3.63) is 83.7 Å². The predicted octanol–water partition coefficient (Wildman–Crippen LogP) is 4.91. The molecule has 1 aromatic heterocycles. The van der Waals surface area contributed by atoms with Crippen molar-refractivity contribution >= 4 is 17.5 Å². The first-order chi connectivity index (χ1) is 16.0. The Labute approximate surface area is 193 Å². The first-order valence-electron chi connectivity index (χ1n) is 11.5. The minimum absolute atomic E-state index is 0.0838. The number of benzene rings is 2. The maximum atomic E-state index is 13.0. The van der Waals surface area contributed by atoms with Crippen LogP contribution in [0.5, 0.6) is 0 Å². The van der Waals surface area contributed by atoms with Crippen molar-refractivity contribution in [1.29, 1.82) is 0 Å². The second-order valence-electron chi connectivity index (χ2n) is 8.69. The lowest BCUT2D eigenvalue weighted by atomic mass is 9.87. The molecule has 0 saturated heterocycles. The third kappa shape index (κ3) is 6.75. The van der Waals surface area contributed by atoms with Crippen LogP contribution in [0.3, 0.4) is 0 Å². The van der Waals surface area contributed by atoms with E-state index >= 15 is 0 Å². The number of anilines is 1. The van der Waals surface area contributed by atoms with E-state index < -0.39 is 0 Å². The van der Waals surface area contributed by atoms with Gasteiger partial charge in [0.05, 0.1) is 6.33 Å². The largest absolute Gasteiger partial charge is 0.347 e. The van der Waals surface area contributed by atoms with Crippen LogP contribution in [0.25, 0.3) is 0 Å². The predicted molar refractivity (Wildman–Crippen MR) is 125 cm³/mol. The van der Waals surface area contributed by atoms with E-state index in [-0.39, 0.29) is 17.6 Å². The van der Waals surface area contributed by atoms with Crippen LogP contribution in [0.4, 0.5) is 10.1 Å². The molecule has 7 heteroatoms. The number of carbonyl (C=O) groups is 2. The molecule has 0 unspecified atom stereocenters. The number of hydrogen-bond donors (Lipinski definition) is 2. The molecule has 2 aromatic carbocycles. The van der Waals surface area contributed by atoms with Crippen molar-refractivity contribution in [2.45, 2.75) is 51.6 Å². The Morgan fingerprint density at radius 3 is 2.39 bits per heavy atom. The number of amides is 2. The molecule has 2 amide bonds. The maximum Gasteiger partial charge on any atom is 0.271 e. The van der Waals surface area contributed by atoms with Crippen LogP contribution >= 0.6 is 0 Å². The number of rotatable bonds is 8. The topological polar surface area (TPSA) is 76.0 Å². The summed E-state index contributed by atoms with van der Waals surface area (Å²) in [5, 5.41) is 5.79. The number of hydrogen-bond acceptors (Lipinski definition) is 3. The Morgan fingerprint density at radius 2 is 1.67 bits per heavy atom. The quantitative estimate of drug-likeness (QED) is 0.514. The maximum absolute atomic E-state index is 13.0. The molecule has 0 atom stereocenters. The minimum atomic E-state index is -0.307. The fourth-order valence-electron chi connectivity index (χ4n) is 4.21. The number of nitrogens with zero attached hydrogens (tertiary/aromatic N) is 2. The van der Waals surface area contributed by atoms with Gasteiger partial charge in [-0.3, -0.25) is 9.59 Å². The van der Waals surface area contributed by atoms with Crippen molar-refractivity contribution in [3.8, 4) is 0 Å². The van der Waals surface area contributed by atoms with Crippen molar-refractivity contribution in [3.63, 3.8) is 0 Å². The Kier molecular flexibility index (Phi) is 7.50. The Balaban J connectivity index is 1.25. The van der Waals surface area contributed by atoms with E-state index in [2.05, 4.69) is 15.6 Å². The third-order valence-electron chi connectivity index (χ3n) is 6.03. The van der Waals surface area contributed by atoms with E-state index in [1.54, 1.807) is 24.7 Å². The summed E-state index contributed by atoms with van der Waals surface area (Å²) in [5.41, 5.74) is 2.97. The molecule has 1 aliphatic rings. The number of imidazole rings is 1. The van der Waals surface area contributed by atoms with Crippen molar-refractivity contribution in [1.82, 2.24) is 14.9 Å². The average molecular weight is 449 g/mol. The highest BCUT2D eigenvalue weighted by Gasteiger charge is 2.17. The summed E-state index contributed by atoms with van der Waals surface area (Å²) < 4.78 is 14.8. The molecule has 1 heterocycles. The molecule has 0 bridgehead atoms. The molecule has 33 heavy (non-hydrogen) atoms. The molecule has 2 N–H and O–H groups in total. The van der Waals surface area contributed by atoms with E-state index in [0.717, 1.165) is 29.7 Å². The summed E-state index contributed by atoms with van der Waals surface area (Å²) in [6.45, 7) is 0.869. The highest BCUT2D eigenvalue weighted by molar-refractivity contribution is 5.92. The zero-order valence-electron chi connectivity index (χ0n) is 18.6. The van der Waals surface area contributed by atoms with E-state index in [4.69, 9.17) is 0 Å². The number of halogens is 1. The second-order valence-corrected chi connectivity index (χ2v) is 8.69. The van der Waals surface area contributed by atoms with Crippen molar-refractivity contribution < 1.29 is 14.0 Å². The van der Waals surface area contributed by atoms with Crippen LogP contribution in [0.1, 0.15) is 60.1 Å². The van der Waals surface area contributed by atoms with E-state index in [0.29, 0.717) is 31.1 Å². The lowest BCUT2D eigenvalue weighted by Crippen LogP contribution is -2.23. The Bertz CT molecular complexity index is 1070. The number of aromatic nitrogens is 2. The summed E-state index contributed by atoms with van der Waals surface area (Å²) >= 11 is 0. The first-order valence-corrected chi connectivity index (χ1v) is 11.5. The Hall–Kier alpha value is -3.48. The zero-order valence-corrected chi connectivity index (χ0v) is 18.6. The van der Waals surface area contributed by atoms with Gasteiger partial charge in [0.25, 0.3) is 5.91 Å². The fourth-order valence-corrected chi connectivity index (χ4v) is 4.21. The van der Waals surface area contributed by atoms with Gasteiger partial charge in [-0.15, -0.1) is 0 Å². The molecule has 172 valence electrons. The lowest BCUT2D eigenvalue weighted by molar-refractivity contribution is -0.117. The molecule has 4 rings (SSSR count). The van der Waals surface area contributed by atoms with Gasteiger partial charge in [0.1, 0.15) is 11.5 Å². The molecule has 1 aliphatic carbocycles. The summed E-state index contributed by atoms with van der Waals surface area (Å²) in [4.78, 5) is 28.8. The highest BCUT2D eigenvalue weighted by Crippen LogP contribution is 2.26. The standard InChI is InChI=1S/C26H29FN4O2/c27-22-10-6-20(7-11-22)15-28-26(33)24-17-31(18-29-24)16-21-8-12-23(13-9-21)30-25(32)14-19-4-2-1-3-5-19/h6-13,17-19H,1-5,14-16H2,(H,28,33)(H,30,32). The van der Waals surface area contributed by atoms with Gasteiger partial charge >= 0.3 is 0 Å². The average Bonchev–Trinajstić information content (AvgIpc) is 3.29. The number of nitrogens with one attached hydrogen (secondary N) is 2. The van der Waals surface area contributed by atoms with E-state index in [1.807, 2.05) is 28.8 Å².